The summed E-state index contributed by atoms with van der Waals surface area (Å²) in [5, 5.41) is 12.1. The van der Waals surface area contributed by atoms with Gasteiger partial charge in [0, 0.05) is 18.5 Å². The van der Waals surface area contributed by atoms with E-state index in [-0.39, 0.29) is 30.0 Å². The van der Waals surface area contributed by atoms with Crippen LogP contribution in [0.4, 0.5) is 11.4 Å². The van der Waals surface area contributed by atoms with Gasteiger partial charge in [0.05, 0.1) is 17.1 Å². The number of para-hydroxylation sites is 2. The van der Waals surface area contributed by atoms with E-state index in [1.165, 1.54) is 11.8 Å². The Morgan fingerprint density at radius 3 is 2.85 bits per heavy atom. The Morgan fingerprint density at radius 2 is 2.08 bits per heavy atom. The zero-order valence-corrected chi connectivity index (χ0v) is 15.6. The maximum atomic E-state index is 13.0. The molecule has 1 N–H and O–H groups in total. The van der Waals surface area contributed by atoms with Gasteiger partial charge in [-0.25, -0.2) is 0 Å². The fraction of sp³-hybridized carbons (Fsp3) is 0.444. The van der Waals surface area contributed by atoms with Crippen LogP contribution in [-0.2, 0) is 9.59 Å². The molecule has 2 amide bonds. The molecule has 0 spiro atoms. The molecule has 8 heteroatoms. The minimum absolute atomic E-state index is 0.0329. The van der Waals surface area contributed by atoms with E-state index in [4.69, 9.17) is 0 Å². The number of aryl methyl sites for hydroxylation is 1. The number of amides is 2. The van der Waals surface area contributed by atoms with E-state index in [9.17, 15) is 9.59 Å². The van der Waals surface area contributed by atoms with Crippen molar-refractivity contribution < 1.29 is 9.59 Å². The molecule has 2 aromatic rings. The van der Waals surface area contributed by atoms with E-state index in [1.807, 2.05) is 38.1 Å². The van der Waals surface area contributed by atoms with Crippen LogP contribution in [0, 0.1) is 6.92 Å². The number of aromatic nitrogens is 3. The lowest BCUT2D eigenvalue weighted by Gasteiger charge is -2.27. The van der Waals surface area contributed by atoms with Crippen molar-refractivity contribution in [2.24, 2.45) is 0 Å². The van der Waals surface area contributed by atoms with Gasteiger partial charge in [-0.05, 0) is 38.8 Å². The molecule has 7 nitrogen and oxygen atoms in total. The van der Waals surface area contributed by atoms with Gasteiger partial charge < -0.3 is 14.8 Å². The Labute approximate surface area is 156 Å². The molecule has 0 bridgehead atoms. The highest BCUT2D eigenvalue weighted by Crippen LogP contribution is 2.39. The monoisotopic (exact) mass is 371 g/mol. The largest absolute Gasteiger partial charge is 0.324 e. The van der Waals surface area contributed by atoms with Gasteiger partial charge in [-0.15, -0.1) is 10.2 Å². The third-order valence-corrected chi connectivity index (χ3v) is 5.63. The highest BCUT2D eigenvalue weighted by atomic mass is 32.2. The van der Waals surface area contributed by atoms with Gasteiger partial charge in [0.1, 0.15) is 5.82 Å². The molecule has 1 atom stereocenters. The molecule has 26 heavy (non-hydrogen) atoms. The summed E-state index contributed by atoms with van der Waals surface area (Å²) in [6.45, 7) is 3.85. The molecule has 0 unspecified atom stereocenters. The lowest BCUT2D eigenvalue weighted by atomic mass is 10.2. The van der Waals surface area contributed by atoms with Gasteiger partial charge in [-0.3, -0.25) is 9.59 Å². The number of anilines is 2. The third-order valence-electron chi connectivity index (χ3n) is 4.70. The van der Waals surface area contributed by atoms with Crippen molar-refractivity contribution in [3.05, 3.63) is 30.1 Å². The number of nitrogens with zero attached hydrogens (tertiary/aromatic N) is 4. The molecule has 1 aromatic carbocycles. The Balaban J connectivity index is 1.55. The van der Waals surface area contributed by atoms with Crippen molar-refractivity contribution in [2.45, 2.75) is 50.4 Å². The van der Waals surface area contributed by atoms with Crippen LogP contribution in [0.15, 0.2) is 29.4 Å². The van der Waals surface area contributed by atoms with Crippen LogP contribution >= 0.6 is 11.8 Å². The summed E-state index contributed by atoms with van der Waals surface area (Å²) in [4.78, 5) is 26.8. The number of carbonyl (C=O) groups excluding carboxylic acids is 2. The number of carbonyl (C=O) groups is 2. The second kappa shape index (κ2) is 6.75. The van der Waals surface area contributed by atoms with E-state index >= 15 is 0 Å². The van der Waals surface area contributed by atoms with Gasteiger partial charge in [-0.1, -0.05) is 23.9 Å². The van der Waals surface area contributed by atoms with Crippen molar-refractivity contribution in [3.63, 3.8) is 0 Å². The van der Waals surface area contributed by atoms with Crippen molar-refractivity contribution >= 4 is 35.0 Å². The highest BCUT2D eigenvalue weighted by Gasteiger charge is 2.31. The molecule has 1 aromatic heterocycles. The van der Waals surface area contributed by atoms with Gasteiger partial charge in [-0.2, -0.15) is 0 Å². The van der Waals surface area contributed by atoms with E-state index < -0.39 is 0 Å². The molecule has 4 rings (SSSR count). The van der Waals surface area contributed by atoms with E-state index in [0.717, 1.165) is 29.5 Å². The predicted octanol–water partition coefficient (Wildman–Crippen LogP) is 2.78. The zero-order chi connectivity index (χ0) is 18.3. The molecule has 1 aliphatic carbocycles. The number of benzene rings is 1. The summed E-state index contributed by atoms with van der Waals surface area (Å²) in [6.07, 6.45) is 2.57. The molecule has 1 fully saturated rings. The standard InChI is InChI=1S/C18H21N5O2S/c1-11-9-16(24)19-14-5-3-4-6-15(14)22(11)17(25)10-26-18-21-20-12(2)23(18)13-7-8-13/h3-6,11,13H,7-10H2,1-2H3,(H,19,24)/t11-/m0/s1. The van der Waals surface area contributed by atoms with E-state index in [0.29, 0.717) is 11.7 Å². The fourth-order valence-electron chi connectivity index (χ4n) is 3.37. The molecule has 2 aliphatic rings. The molecular weight excluding hydrogens is 350 g/mol. The van der Waals surface area contributed by atoms with Gasteiger partial charge >= 0.3 is 0 Å². The number of hydrogen-bond acceptors (Lipinski definition) is 5. The van der Waals surface area contributed by atoms with Crippen LogP contribution in [-0.4, -0.2) is 38.4 Å². The Morgan fingerprint density at radius 1 is 1.31 bits per heavy atom. The van der Waals surface area contributed by atoms with Gasteiger partial charge in [0.25, 0.3) is 0 Å². The molecular formula is C18H21N5O2S. The zero-order valence-electron chi connectivity index (χ0n) is 14.8. The van der Waals surface area contributed by atoms with E-state index in [2.05, 4.69) is 20.1 Å². The van der Waals surface area contributed by atoms with Gasteiger partial charge in [0.15, 0.2) is 5.16 Å². The predicted molar refractivity (Wildman–Crippen MR) is 100 cm³/mol. The molecule has 2 heterocycles. The van der Waals surface area contributed by atoms with Crippen molar-refractivity contribution in [3.8, 4) is 0 Å². The summed E-state index contributed by atoms with van der Waals surface area (Å²) in [6, 6.07) is 7.71. The van der Waals surface area contributed by atoms with Crippen molar-refractivity contribution in [1.29, 1.82) is 0 Å². The summed E-state index contributed by atoms with van der Waals surface area (Å²) in [5.41, 5.74) is 1.42. The summed E-state index contributed by atoms with van der Waals surface area (Å²) in [5.74, 6) is 1.05. The first-order valence-electron chi connectivity index (χ1n) is 8.80. The van der Waals surface area contributed by atoms with Gasteiger partial charge in [0.2, 0.25) is 11.8 Å². The van der Waals surface area contributed by atoms with Crippen LogP contribution in [0.2, 0.25) is 0 Å². The summed E-state index contributed by atoms with van der Waals surface area (Å²) < 4.78 is 2.13. The van der Waals surface area contributed by atoms with E-state index in [1.54, 1.807) is 4.90 Å². The first-order chi connectivity index (χ1) is 12.5. The first kappa shape index (κ1) is 17.1. The van der Waals surface area contributed by atoms with Crippen LogP contribution < -0.4 is 10.2 Å². The minimum Gasteiger partial charge on any atom is -0.324 e. The topological polar surface area (TPSA) is 80.1 Å². The molecule has 1 aliphatic heterocycles. The average Bonchev–Trinajstić information content (AvgIpc) is 3.38. The Hall–Kier alpha value is -2.35. The number of thioether (sulfide) groups is 1. The molecule has 0 saturated heterocycles. The SMILES string of the molecule is Cc1nnc(SCC(=O)N2c3ccccc3NC(=O)C[C@@H]2C)n1C1CC1. The highest BCUT2D eigenvalue weighted by molar-refractivity contribution is 7.99. The molecule has 136 valence electrons. The maximum absolute atomic E-state index is 13.0. The quantitative estimate of drug-likeness (QED) is 0.836. The first-order valence-corrected chi connectivity index (χ1v) is 9.78. The van der Waals surface area contributed by atoms with Crippen molar-refractivity contribution in [1.82, 2.24) is 14.8 Å². The third kappa shape index (κ3) is 3.21. The van der Waals surface area contributed by atoms with Crippen molar-refractivity contribution in [2.75, 3.05) is 16.0 Å². The van der Waals surface area contributed by atoms with Crippen LogP contribution in [0.5, 0.6) is 0 Å². The molecule has 1 saturated carbocycles. The second-order valence-corrected chi connectivity index (χ2v) is 7.74. The lowest BCUT2D eigenvalue weighted by molar-refractivity contribution is -0.117. The van der Waals surface area contributed by atoms with Crippen LogP contribution in [0.1, 0.15) is 38.1 Å². The average molecular weight is 371 g/mol. The second-order valence-electron chi connectivity index (χ2n) is 6.80. The van der Waals surface area contributed by atoms with Crippen LogP contribution in [0.25, 0.3) is 0 Å². The number of fused-ring (bicyclic) bond motifs is 1. The Kier molecular flexibility index (Phi) is 4.44. The Bertz CT molecular complexity index is 861. The summed E-state index contributed by atoms with van der Waals surface area (Å²) >= 11 is 1.42. The number of rotatable bonds is 4. The smallest absolute Gasteiger partial charge is 0.237 e. The lowest BCUT2D eigenvalue weighted by Crippen LogP contribution is -2.40. The number of hydrogen-bond donors (Lipinski definition) is 1. The molecule has 0 radical (unpaired) electrons. The number of nitrogens with one attached hydrogen (secondary N) is 1. The van der Waals surface area contributed by atoms with Crippen LogP contribution in [0.3, 0.4) is 0 Å². The minimum atomic E-state index is -0.199. The maximum Gasteiger partial charge on any atom is 0.237 e. The normalized spacial score (nSPS) is 19.7. The summed E-state index contributed by atoms with van der Waals surface area (Å²) in [7, 11) is 0. The fourth-order valence-corrected chi connectivity index (χ4v) is 4.28.